The number of aromatic carboxylic acids is 1. The maximum atomic E-state index is 10.9. The van der Waals surface area contributed by atoms with E-state index in [4.69, 9.17) is 19.0 Å². The Hall–Kier alpha value is -2.25. The summed E-state index contributed by atoms with van der Waals surface area (Å²) in [5.41, 5.74) is 0.721. The molecule has 0 bridgehead atoms. The van der Waals surface area contributed by atoms with Crippen LogP contribution < -0.4 is 0 Å². The second-order valence-electron chi connectivity index (χ2n) is 3.93. The predicted octanol–water partition coefficient (Wildman–Crippen LogP) is 1.60. The second-order valence-corrected chi connectivity index (χ2v) is 3.93. The molecule has 0 unspecified atom stereocenters. The van der Waals surface area contributed by atoms with Gasteiger partial charge in [-0.2, -0.15) is 0 Å². The lowest BCUT2D eigenvalue weighted by Gasteiger charge is -1.99. The molecule has 0 fully saturated rings. The lowest BCUT2D eigenvalue weighted by atomic mass is 10.1. The zero-order chi connectivity index (χ0) is 14.4. The Morgan fingerprint density at radius 2 is 2.20 bits per heavy atom. The molecular formula is C13H14N2O5. The summed E-state index contributed by atoms with van der Waals surface area (Å²) >= 11 is 0. The van der Waals surface area contributed by atoms with Gasteiger partial charge in [-0.05, 0) is 18.2 Å². The van der Waals surface area contributed by atoms with E-state index in [1.165, 1.54) is 12.1 Å². The van der Waals surface area contributed by atoms with Crippen molar-refractivity contribution in [2.75, 3.05) is 20.3 Å². The first-order chi connectivity index (χ1) is 9.70. The van der Waals surface area contributed by atoms with Crippen molar-refractivity contribution >= 4 is 5.97 Å². The van der Waals surface area contributed by atoms with Gasteiger partial charge in [0.1, 0.15) is 6.61 Å². The van der Waals surface area contributed by atoms with E-state index in [1.54, 1.807) is 19.2 Å². The van der Waals surface area contributed by atoms with Gasteiger partial charge in [-0.25, -0.2) is 4.79 Å². The zero-order valence-electron chi connectivity index (χ0n) is 10.9. The predicted molar refractivity (Wildman–Crippen MR) is 68.2 cm³/mol. The average Bonchev–Trinajstić information content (AvgIpc) is 2.92. The highest BCUT2D eigenvalue weighted by molar-refractivity contribution is 5.88. The van der Waals surface area contributed by atoms with Crippen LogP contribution in [0.15, 0.2) is 28.7 Å². The number of methoxy groups -OCH3 is 1. The monoisotopic (exact) mass is 278 g/mol. The third-order valence-electron chi connectivity index (χ3n) is 2.48. The molecule has 0 saturated carbocycles. The largest absolute Gasteiger partial charge is 0.478 e. The van der Waals surface area contributed by atoms with Crippen molar-refractivity contribution in [2.24, 2.45) is 0 Å². The summed E-state index contributed by atoms with van der Waals surface area (Å²) in [5.74, 6) is -0.412. The molecule has 0 atom stereocenters. The van der Waals surface area contributed by atoms with Gasteiger partial charge in [-0.3, -0.25) is 0 Å². The lowest BCUT2D eigenvalue weighted by molar-refractivity contribution is 0.0519. The van der Waals surface area contributed by atoms with Crippen LogP contribution >= 0.6 is 0 Å². The third kappa shape index (κ3) is 3.62. The number of hydrogen-bond donors (Lipinski definition) is 1. The summed E-state index contributed by atoms with van der Waals surface area (Å²) in [4.78, 5) is 10.9. The number of aromatic nitrogens is 2. The van der Waals surface area contributed by atoms with Gasteiger partial charge in [-0.15, -0.1) is 10.2 Å². The van der Waals surface area contributed by atoms with Crippen molar-refractivity contribution in [3.8, 4) is 11.5 Å². The highest BCUT2D eigenvalue weighted by atomic mass is 16.5. The average molecular weight is 278 g/mol. The molecule has 0 radical (unpaired) electrons. The van der Waals surface area contributed by atoms with Crippen molar-refractivity contribution in [1.82, 2.24) is 10.2 Å². The molecule has 2 rings (SSSR count). The van der Waals surface area contributed by atoms with E-state index in [-0.39, 0.29) is 18.1 Å². The van der Waals surface area contributed by atoms with Gasteiger partial charge in [-0.1, -0.05) is 6.07 Å². The third-order valence-corrected chi connectivity index (χ3v) is 2.48. The summed E-state index contributed by atoms with van der Waals surface area (Å²) in [7, 11) is 1.59. The van der Waals surface area contributed by atoms with Crippen molar-refractivity contribution in [2.45, 2.75) is 6.61 Å². The van der Waals surface area contributed by atoms with Crippen LogP contribution in [0, 0.1) is 0 Å². The van der Waals surface area contributed by atoms with Crippen molar-refractivity contribution in [1.29, 1.82) is 0 Å². The number of hydrogen-bond acceptors (Lipinski definition) is 6. The fraction of sp³-hybridized carbons (Fsp3) is 0.308. The van der Waals surface area contributed by atoms with Crippen LogP contribution in [0.5, 0.6) is 0 Å². The van der Waals surface area contributed by atoms with Crippen LogP contribution in [0.3, 0.4) is 0 Å². The van der Waals surface area contributed by atoms with Gasteiger partial charge in [0, 0.05) is 12.7 Å². The first kappa shape index (κ1) is 14.2. The van der Waals surface area contributed by atoms with E-state index in [0.717, 1.165) is 0 Å². The van der Waals surface area contributed by atoms with Gasteiger partial charge in [0.25, 0.3) is 0 Å². The van der Waals surface area contributed by atoms with Gasteiger partial charge in [0.05, 0.1) is 18.8 Å². The van der Waals surface area contributed by atoms with E-state index in [1.807, 2.05) is 0 Å². The number of carboxylic acids is 1. The lowest BCUT2D eigenvalue weighted by Crippen LogP contribution is -2.01. The molecule has 0 aliphatic carbocycles. The fourth-order valence-corrected chi connectivity index (χ4v) is 1.52. The van der Waals surface area contributed by atoms with E-state index in [9.17, 15) is 4.79 Å². The molecule has 0 aliphatic rings. The molecule has 0 amide bonds. The molecule has 7 nitrogen and oxygen atoms in total. The number of rotatable bonds is 7. The Morgan fingerprint density at radius 3 is 2.95 bits per heavy atom. The number of ether oxygens (including phenoxy) is 2. The molecule has 7 heteroatoms. The summed E-state index contributed by atoms with van der Waals surface area (Å²) in [6.45, 7) is 1.11. The molecule has 1 aromatic carbocycles. The Bertz CT molecular complexity index is 582. The molecule has 1 aromatic heterocycles. The number of carbonyl (C=O) groups is 1. The van der Waals surface area contributed by atoms with Gasteiger partial charge >= 0.3 is 5.97 Å². The highest BCUT2D eigenvalue weighted by Crippen LogP contribution is 2.19. The van der Waals surface area contributed by atoms with Crippen LogP contribution in [0.4, 0.5) is 0 Å². The highest BCUT2D eigenvalue weighted by Gasteiger charge is 2.11. The molecule has 20 heavy (non-hydrogen) atoms. The van der Waals surface area contributed by atoms with Crippen LogP contribution in [-0.2, 0) is 16.1 Å². The summed E-state index contributed by atoms with van der Waals surface area (Å²) in [6.07, 6.45) is 0. The Kier molecular flexibility index (Phi) is 4.80. The van der Waals surface area contributed by atoms with Gasteiger partial charge < -0.3 is 19.0 Å². The molecule has 1 heterocycles. The maximum absolute atomic E-state index is 10.9. The quantitative estimate of drug-likeness (QED) is 0.768. The zero-order valence-corrected chi connectivity index (χ0v) is 10.9. The number of nitrogens with zero attached hydrogens (tertiary/aromatic N) is 2. The Balaban J connectivity index is 2.04. The molecule has 106 valence electrons. The number of carboxylic acid groups (broad SMARTS) is 1. The van der Waals surface area contributed by atoms with Crippen molar-refractivity contribution in [3.05, 3.63) is 35.7 Å². The standard InChI is InChI=1S/C13H14N2O5/c1-18-5-6-19-8-11-14-15-12(20-11)9-3-2-4-10(7-9)13(16)17/h2-4,7H,5-6,8H2,1H3,(H,16,17). The Labute approximate surface area is 115 Å². The van der Waals surface area contributed by atoms with E-state index in [2.05, 4.69) is 10.2 Å². The molecule has 2 aromatic rings. The molecule has 1 N–H and O–H groups in total. The normalized spacial score (nSPS) is 10.7. The summed E-state index contributed by atoms with van der Waals surface area (Å²) < 4.78 is 15.5. The topological polar surface area (TPSA) is 94.7 Å². The smallest absolute Gasteiger partial charge is 0.335 e. The van der Waals surface area contributed by atoms with Crippen LogP contribution in [0.1, 0.15) is 16.2 Å². The molecular weight excluding hydrogens is 264 g/mol. The maximum Gasteiger partial charge on any atom is 0.335 e. The van der Waals surface area contributed by atoms with Crippen LogP contribution in [0.25, 0.3) is 11.5 Å². The number of benzene rings is 1. The van der Waals surface area contributed by atoms with E-state index in [0.29, 0.717) is 24.7 Å². The van der Waals surface area contributed by atoms with Crippen LogP contribution in [-0.4, -0.2) is 41.6 Å². The summed E-state index contributed by atoms with van der Waals surface area (Å²) in [6, 6.07) is 6.30. The first-order valence-electron chi connectivity index (χ1n) is 5.93. The van der Waals surface area contributed by atoms with Crippen molar-refractivity contribution in [3.63, 3.8) is 0 Å². The molecule has 0 spiro atoms. The van der Waals surface area contributed by atoms with E-state index >= 15 is 0 Å². The Morgan fingerprint density at radius 1 is 1.35 bits per heavy atom. The van der Waals surface area contributed by atoms with Gasteiger partial charge in [0.15, 0.2) is 0 Å². The molecule has 0 aliphatic heterocycles. The second kappa shape index (κ2) is 6.78. The fourth-order valence-electron chi connectivity index (χ4n) is 1.52. The minimum atomic E-state index is -1.01. The van der Waals surface area contributed by atoms with Crippen molar-refractivity contribution < 1.29 is 23.8 Å². The molecule has 0 saturated heterocycles. The SMILES string of the molecule is COCCOCc1nnc(-c2cccc(C(=O)O)c2)o1. The van der Waals surface area contributed by atoms with Crippen LogP contribution in [0.2, 0.25) is 0 Å². The minimum Gasteiger partial charge on any atom is -0.478 e. The first-order valence-corrected chi connectivity index (χ1v) is 5.93. The van der Waals surface area contributed by atoms with E-state index < -0.39 is 5.97 Å². The minimum absolute atomic E-state index is 0.165. The summed E-state index contributed by atoms with van der Waals surface area (Å²) in [5, 5.41) is 16.6. The van der Waals surface area contributed by atoms with Gasteiger partial charge in [0.2, 0.25) is 11.8 Å².